The van der Waals surface area contributed by atoms with E-state index < -0.39 is 0 Å². The van der Waals surface area contributed by atoms with Crippen LogP contribution in [0.5, 0.6) is 5.75 Å². The van der Waals surface area contributed by atoms with Gasteiger partial charge in [0, 0.05) is 18.2 Å². The number of nitrogens with zero attached hydrogens (tertiary/aromatic N) is 4. The Morgan fingerprint density at radius 2 is 1.88 bits per heavy atom. The predicted octanol–water partition coefficient (Wildman–Crippen LogP) is 2.91. The SMILES string of the molecule is CC(C)Oc1ccc(-c2cn(C3CCN(C(C)C)C3=O)nn2)cc1. The second kappa shape index (κ2) is 6.63. The van der Waals surface area contributed by atoms with E-state index in [9.17, 15) is 4.79 Å². The van der Waals surface area contributed by atoms with Crippen molar-refractivity contribution < 1.29 is 9.53 Å². The molecule has 6 heteroatoms. The van der Waals surface area contributed by atoms with Crippen LogP contribution in [0.25, 0.3) is 11.3 Å². The molecule has 24 heavy (non-hydrogen) atoms. The van der Waals surface area contributed by atoms with Crippen LogP contribution in [0.3, 0.4) is 0 Å². The Morgan fingerprint density at radius 1 is 1.17 bits per heavy atom. The maximum atomic E-state index is 12.5. The minimum atomic E-state index is -0.239. The molecule has 2 heterocycles. The van der Waals surface area contributed by atoms with E-state index >= 15 is 0 Å². The zero-order valence-corrected chi connectivity index (χ0v) is 14.6. The lowest BCUT2D eigenvalue weighted by atomic mass is 10.1. The van der Waals surface area contributed by atoms with E-state index in [1.54, 1.807) is 4.68 Å². The van der Waals surface area contributed by atoms with E-state index in [1.165, 1.54) is 0 Å². The number of ether oxygens (including phenoxy) is 1. The molecule has 3 rings (SSSR count). The zero-order valence-electron chi connectivity index (χ0n) is 14.6. The predicted molar refractivity (Wildman–Crippen MR) is 91.7 cm³/mol. The van der Waals surface area contributed by atoms with E-state index in [0.29, 0.717) is 0 Å². The first-order chi connectivity index (χ1) is 11.5. The van der Waals surface area contributed by atoms with Gasteiger partial charge in [-0.15, -0.1) is 5.10 Å². The van der Waals surface area contributed by atoms with Gasteiger partial charge < -0.3 is 9.64 Å². The van der Waals surface area contributed by atoms with Gasteiger partial charge in [0.05, 0.1) is 12.3 Å². The van der Waals surface area contributed by atoms with Crippen molar-refractivity contribution in [2.75, 3.05) is 6.54 Å². The third-order valence-electron chi connectivity index (χ3n) is 4.19. The molecule has 2 aromatic rings. The summed E-state index contributed by atoms with van der Waals surface area (Å²) < 4.78 is 7.34. The van der Waals surface area contributed by atoms with Gasteiger partial charge in [0.2, 0.25) is 5.91 Å². The largest absolute Gasteiger partial charge is 0.491 e. The van der Waals surface area contributed by atoms with Gasteiger partial charge in [-0.3, -0.25) is 4.79 Å². The van der Waals surface area contributed by atoms with Crippen LogP contribution in [0.1, 0.15) is 40.2 Å². The molecule has 1 aromatic heterocycles. The lowest BCUT2D eigenvalue weighted by Crippen LogP contribution is -2.34. The van der Waals surface area contributed by atoms with Gasteiger partial charge >= 0.3 is 0 Å². The summed E-state index contributed by atoms with van der Waals surface area (Å²) in [5, 5.41) is 8.40. The molecule has 1 amide bonds. The molecular formula is C18H24N4O2. The average Bonchev–Trinajstić information content (AvgIpc) is 3.14. The first kappa shape index (κ1) is 16.5. The maximum absolute atomic E-state index is 12.5. The number of rotatable bonds is 5. The van der Waals surface area contributed by atoms with Crippen molar-refractivity contribution in [3.63, 3.8) is 0 Å². The molecule has 0 N–H and O–H groups in total. The molecule has 1 aliphatic rings. The van der Waals surface area contributed by atoms with E-state index in [0.717, 1.165) is 30.0 Å². The summed E-state index contributed by atoms with van der Waals surface area (Å²) in [6.45, 7) is 8.84. The summed E-state index contributed by atoms with van der Waals surface area (Å²) in [6.07, 6.45) is 2.78. The van der Waals surface area contributed by atoms with Gasteiger partial charge in [0.25, 0.3) is 0 Å². The standard InChI is InChI=1S/C18H24N4O2/c1-12(2)21-10-9-17(18(21)23)22-11-16(19-20-22)14-5-7-15(8-6-14)24-13(3)4/h5-8,11-13,17H,9-10H2,1-4H3. The normalized spacial score (nSPS) is 18.0. The minimum absolute atomic E-state index is 0.127. The Morgan fingerprint density at radius 3 is 2.46 bits per heavy atom. The molecule has 0 bridgehead atoms. The first-order valence-electron chi connectivity index (χ1n) is 8.45. The number of aromatic nitrogens is 3. The molecule has 1 saturated heterocycles. The van der Waals surface area contributed by atoms with Crippen molar-refractivity contribution in [3.8, 4) is 17.0 Å². The van der Waals surface area contributed by atoms with E-state index in [1.807, 2.05) is 63.1 Å². The van der Waals surface area contributed by atoms with Crippen LogP contribution in [0.2, 0.25) is 0 Å². The highest BCUT2D eigenvalue weighted by molar-refractivity contribution is 5.82. The van der Waals surface area contributed by atoms with Crippen LogP contribution in [-0.2, 0) is 4.79 Å². The highest BCUT2D eigenvalue weighted by atomic mass is 16.5. The number of likely N-dealkylation sites (tertiary alicyclic amines) is 1. The molecule has 1 aromatic carbocycles. The van der Waals surface area contributed by atoms with Gasteiger partial charge in [-0.25, -0.2) is 4.68 Å². The van der Waals surface area contributed by atoms with Crippen LogP contribution >= 0.6 is 0 Å². The molecule has 1 aliphatic heterocycles. The smallest absolute Gasteiger partial charge is 0.247 e. The van der Waals surface area contributed by atoms with Gasteiger partial charge in [0.15, 0.2) is 0 Å². The molecule has 0 spiro atoms. The van der Waals surface area contributed by atoms with E-state index in [2.05, 4.69) is 10.3 Å². The van der Waals surface area contributed by atoms with Crippen LogP contribution in [0.4, 0.5) is 0 Å². The van der Waals surface area contributed by atoms with Gasteiger partial charge in [-0.2, -0.15) is 0 Å². The van der Waals surface area contributed by atoms with Gasteiger partial charge in [-0.05, 0) is 58.4 Å². The van der Waals surface area contributed by atoms with Crippen LogP contribution in [-0.4, -0.2) is 44.5 Å². The van der Waals surface area contributed by atoms with E-state index in [4.69, 9.17) is 4.74 Å². The molecule has 1 unspecified atom stereocenters. The molecule has 128 valence electrons. The second-order valence-electron chi connectivity index (χ2n) is 6.70. The van der Waals surface area contributed by atoms with Crippen LogP contribution < -0.4 is 4.74 Å². The van der Waals surface area contributed by atoms with E-state index in [-0.39, 0.29) is 24.1 Å². The molecule has 1 atom stereocenters. The average molecular weight is 328 g/mol. The van der Waals surface area contributed by atoms with Crippen molar-refractivity contribution >= 4 is 5.91 Å². The molecule has 0 radical (unpaired) electrons. The summed E-state index contributed by atoms with van der Waals surface area (Å²) in [5.74, 6) is 0.960. The molecular weight excluding hydrogens is 304 g/mol. The monoisotopic (exact) mass is 328 g/mol. The molecule has 0 aliphatic carbocycles. The summed E-state index contributed by atoms with van der Waals surface area (Å²) in [4.78, 5) is 14.4. The number of carbonyl (C=O) groups excluding carboxylic acids is 1. The Balaban J connectivity index is 1.75. The lowest BCUT2D eigenvalue weighted by Gasteiger charge is -2.20. The Kier molecular flexibility index (Phi) is 4.55. The topological polar surface area (TPSA) is 60.2 Å². The number of hydrogen-bond donors (Lipinski definition) is 0. The summed E-state index contributed by atoms with van der Waals surface area (Å²) >= 11 is 0. The Hall–Kier alpha value is -2.37. The fraction of sp³-hybridized carbons (Fsp3) is 0.500. The fourth-order valence-corrected chi connectivity index (χ4v) is 2.98. The van der Waals surface area contributed by atoms with Crippen molar-refractivity contribution in [1.82, 2.24) is 19.9 Å². The molecule has 0 saturated carbocycles. The number of hydrogen-bond acceptors (Lipinski definition) is 4. The van der Waals surface area contributed by atoms with Crippen molar-refractivity contribution in [2.24, 2.45) is 0 Å². The second-order valence-corrected chi connectivity index (χ2v) is 6.70. The summed E-state index contributed by atoms with van der Waals surface area (Å²) in [6, 6.07) is 7.76. The Labute approximate surface area is 142 Å². The third-order valence-corrected chi connectivity index (χ3v) is 4.19. The maximum Gasteiger partial charge on any atom is 0.247 e. The van der Waals surface area contributed by atoms with Crippen LogP contribution in [0, 0.1) is 0 Å². The molecule has 6 nitrogen and oxygen atoms in total. The zero-order chi connectivity index (χ0) is 17.3. The van der Waals surface area contributed by atoms with Crippen molar-refractivity contribution in [1.29, 1.82) is 0 Å². The van der Waals surface area contributed by atoms with Crippen molar-refractivity contribution in [2.45, 2.75) is 52.3 Å². The highest BCUT2D eigenvalue weighted by Gasteiger charge is 2.35. The van der Waals surface area contributed by atoms with Crippen molar-refractivity contribution in [3.05, 3.63) is 30.5 Å². The summed E-state index contributed by atoms with van der Waals surface area (Å²) in [5.41, 5.74) is 1.73. The Bertz CT molecular complexity index is 706. The minimum Gasteiger partial charge on any atom is -0.491 e. The van der Waals surface area contributed by atoms with Gasteiger partial charge in [-0.1, -0.05) is 5.21 Å². The first-order valence-corrected chi connectivity index (χ1v) is 8.45. The number of carbonyl (C=O) groups is 1. The lowest BCUT2D eigenvalue weighted by molar-refractivity contribution is -0.132. The fourth-order valence-electron chi connectivity index (χ4n) is 2.98. The quantitative estimate of drug-likeness (QED) is 0.847. The highest BCUT2D eigenvalue weighted by Crippen LogP contribution is 2.26. The third kappa shape index (κ3) is 3.27. The van der Waals surface area contributed by atoms with Crippen LogP contribution in [0.15, 0.2) is 30.5 Å². The number of benzene rings is 1. The molecule has 1 fully saturated rings. The van der Waals surface area contributed by atoms with Gasteiger partial charge in [0.1, 0.15) is 17.5 Å². The number of amides is 1. The summed E-state index contributed by atoms with van der Waals surface area (Å²) in [7, 11) is 0.